The minimum absolute atomic E-state index is 0.0686. The summed E-state index contributed by atoms with van der Waals surface area (Å²) in [4.78, 5) is 0. The fourth-order valence-corrected chi connectivity index (χ4v) is 4.08. The fraction of sp³-hybridized carbons (Fsp3) is 0.172. The molecule has 0 heterocycles. The summed E-state index contributed by atoms with van der Waals surface area (Å²) < 4.78 is 84.4. The van der Waals surface area contributed by atoms with Crippen LogP contribution in [0, 0.1) is 34.9 Å². The van der Waals surface area contributed by atoms with E-state index >= 15 is 0 Å². The first-order chi connectivity index (χ1) is 16.8. The van der Waals surface area contributed by atoms with Crippen LogP contribution in [0.1, 0.15) is 30.0 Å². The molecular weight excluding hydrogens is 462 g/mol. The van der Waals surface area contributed by atoms with Crippen LogP contribution in [-0.2, 0) is 19.3 Å². The first-order valence-electron chi connectivity index (χ1n) is 11.3. The summed E-state index contributed by atoms with van der Waals surface area (Å²) in [7, 11) is 0. The van der Waals surface area contributed by atoms with Crippen molar-refractivity contribution in [3.8, 4) is 22.3 Å². The topological polar surface area (TPSA) is 0 Å². The van der Waals surface area contributed by atoms with Crippen molar-refractivity contribution in [2.45, 2.75) is 32.6 Å². The lowest BCUT2D eigenvalue weighted by atomic mass is 9.96. The van der Waals surface area contributed by atoms with Crippen LogP contribution < -0.4 is 0 Å². The molecule has 0 aromatic heterocycles. The van der Waals surface area contributed by atoms with Crippen molar-refractivity contribution >= 4 is 0 Å². The summed E-state index contributed by atoms with van der Waals surface area (Å²) in [5.41, 5.74) is 2.25. The molecule has 180 valence electrons. The predicted molar refractivity (Wildman–Crippen MR) is 125 cm³/mol. The van der Waals surface area contributed by atoms with Gasteiger partial charge in [0.2, 0.25) is 0 Å². The van der Waals surface area contributed by atoms with Crippen LogP contribution in [0.15, 0.2) is 66.7 Å². The second-order valence-electron chi connectivity index (χ2n) is 8.42. The zero-order valence-electron chi connectivity index (χ0n) is 18.9. The van der Waals surface area contributed by atoms with Crippen LogP contribution in [0.3, 0.4) is 0 Å². The molecule has 6 heteroatoms. The average Bonchev–Trinajstić information content (AvgIpc) is 2.84. The molecule has 0 aliphatic rings. The summed E-state index contributed by atoms with van der Waals surface area (Å²) in [5.74, 6) is -6.94. The van der Waals surface area contributed by atoms with Crippen molar-refractivity contribution < 1.29 is 26.3 Å². The first kappa shape index (κ1) is 24.6. The molecule has 0 aliphatic carbocycles. The zero-order valence-corrected chi connectivity index (χ0v) is 18.9. The molecule has 0 nitrogen and oxygen atoms in total. The van der Waals surface area contributed by atoms with Gasteiger partial charge >= 0.3 is 0 Å². The van der Waals surface area contributed by atoms with Gasteiger partial charge in [-0.25, -0.2) is 26.3 Å². The van der Waals surface area contributed by atoms with Gasteiger partial charge in [0.25, 0.3) is 0 Å². The summed E-state index contributed by atoms with van der Waals surface area (Å²) >= 11 is 0. The Morgan fingerprint density at radius 2 is 1.06 bits per heavy atom. The summed E-state index contributed by atoms with van der Waals surface area (Å²) in [6, 6.07) is 15.8. The van der Waals surface area contributed by atoms with E-state index in [0.717, 1.165) is 36.6 Å². The Labute approximate surface area is 199 Å². The maximum Gasteiger partial charge on any atom is 0.194 e. The number of benzene rings is 4. The zero-order chi connectivity index (χ0) is 25.1. The maximum absolute atomic E-state index is 14.9. The molecule has 0 aliphatic heterocycles. The highest BCUT2D eigenvalue weighted by atomic mass is 19.2. The van der Waals surface area contributed by atoms with Gasteiger partial charge in [-0.05, 0) is 65.3 Å². The second kappa shape index (κ2) is 10.4. The summed E-state index contributed by atoms with van der Waals surface area (Å²) in [6.45, 7) is 2.06. The Morgan fingerprint density at radius 1 is 0.486 bits per heavy atom. The normalized spacial score (nSPS) is 11.2. The molecule has 4 rings (SSSR count). The van der Waals surface area contributed by atoms with E-state index in [1.54, 1.807) is 12.1 Å². The van der Waals surface area contributed by atoms with E-state index in [4.69, 9.17) is 0 Å². The van der Waals surface area contributed by atoms with E-state index in [9.17, 15) is 26.3 Å². The van der Waals surface area contributed by atoms with Gasteiger partial charge in [-0.15, -0.1) is 0 Å². The number of hydrogen-bond acceptors (Lipinski definition) is 0. The highest BCUT2D eigenvalue weighted by molar-refractivity contribution is 5.72. The van der Waals surface area contributed by atoms with E-state index in [-0.39, 0.29) is 40.7 Å². The van der Waals surface area contributed by atoms with Crippen LogP contribution in [-0.4, -0.2) is 0 Å². The lowest BCUT2D eigenvalue weighted by Crippen LogP contribution is -2.00. The van der Waals surface area contributed by atoms with E-state index in [2.05, 4.69) is 6.92 Å². The molecule has 0 saturated heterocycles. The number of aryl methyl sites for hydroxylation is 3. The van der Waals surface area contributed by atoms with E-state index in [1.807, 2.05) is 12.1 Å². The van der Waals surface area contributed by atoms with Crippen LogP contribution in [0.25, 0.3) is 22.3 Å². The fourth-order valence-electron chi connectivity index (χ4n) is 4.08. The van der Waals surface area contributed by atoms with Crippen LogP contribution in [0.4, 0.5) is 26.3 Å². The maximum atomic E-state index is 14.9. The van der Waals surface area contributed by atoms with Crippen LogP contribution in [0.5, 0.6) is 0 Å². The Hall–Kier alpha value is -3.54. The predicted octanol–water partition coefficient (Wildman–Crippen LogP) is 8.59. The SMILES string of the molecule is CCCc1ccc(-c2ccc(-c3ccc(CCc4cc(F)c(F)c(F)c4)c(F)c3)c(F)c2F)cc1. The number of rotatable bonds is 7. The Kier molecular flexibility index (Phi) is 7.29. The summed E-state index contributed by atoms with van der Waals surface area (Å²) in [5, 5.41) is 0. The van der Waals surface area contributed by atoms with Crippen molar-refractivity contribution in [1.82, 2.24) is 0 Å². The molecule has 4 aromatic carbocycles. The number of halogens is 6. The standard InChI is InChI=1S/C29H22F6/c1-2-3-17-4-7-19(8-5-17)22-12-13-23(28(34)27(22)33)21-11-10-20(24(30)16-21)9-6-18-14-25(31)29(35)26(32)15-18/h4-5,7-8,10-16H,2-3,6,9H2,1H3. The molecule has 0 amide bonds. The van der Waals surface area contributed by atoms with Crippen LogP contribution in [0.2, 0.25) is 0 Å². The molecule has 0 N–H and O–H groups in total. The third kappa shape index (κ3) is 5.26. The molecule has 0 saturated carbocycles. The Balaban J connectivity index is 1.55. The molecule has 0 radical (unpaired) electrons. The van der Waals surface area contributed by atoms with E-state index < -0.39 is 34.9 Å². The minimum Gasteiger partial charge on any atom is -0.207 e. The second-order valence-corrected chi connectivity index (χ2v) is 8.42. The molecule has 4 aromatic rings. The van der Waals surface area contributed by atoms with Crippen molar-refractivity contribution in [1.29, 1.82) is 0 Å². The smallest absolute Gasteiger partial charge is 0.194 e. The third-order valence-electron chi connectivity index (χ3n) is 5.98. The van der Waals surface area contributed by atoms with Gasteiger partial charge in [-0.2, -0.15) is 0 Å². The number of hydrogen-bond donors (Lipinski definition) is 0. The largest absolute Gasteiger partial charge is 0.207 e. The lowest BCUT2D eigenvalue weighted by Gasteiger charge is -2.11. The van der Waals surface area contributed by atoms with Gasteiger partial charge in [0.15, 0.2) is 29.1 Å². The summed E-state index contributed by atoms with van der Waals surface area (Å²) in [6.07, 6.45) is 2.03. The Morgan fingerprint density at radius 3 is 1.63 bits per heavy atom. The molecule has 0 spiro atoms. The molecule has 0 fully saturated rings. The molecule has 0 unspecified atom stereocenters. The first-order valence-corrected chi connectivity index (χ1v) is 11.3. The van der Waals surface area contributed by atoms with Gasteiger partial charge in [0.05, 0.1) is 0 Å². The van der Waals surface area contributed by atoms with Crippen molar-refractivity contribution in [2.75, 3.05) is 0 Å². The Bertz CT molecular complexity index is 1340. The molecule has 0 atom stereocenters. The van der Waals surface area contributed by atoms with Crippen molar-refractivity contribution in [3.63, 3.8) is 0 Å². The van der Waals surface area contributed by atoms with Crippen molar-refractivity contribution in [3.05, 3.63) is 118 Å². The van der Waals surface area contributed by atoms with Gasteiger partial charge in [0, 0.05) is 11.1 Å². The quantitative estimate of drug-likeness (QED) is 0.182. The monoisotopic (exact) mass is 484 g/mol. The highest BCUT2D eigenvalue weighted by Crippen LogP contribution is 2.32. The van der Waals surface area contributed by atoms with E-state index in [0.29, 0.717) is 5.56 Å². The molecular formula is C29H22F6. The van der Waals surface area contributed by atoms with E-state index in [1.165, 1.54) is 24.3 Å². The van der Waals surface area contributed by atoms with Gasteiger partial charge < -0.3 is 0 Å². The lowest BCUT2D eigenvalue weighted by molar-refractivity contribution is 0.445. The molecule has 0 bridgehead atoms. The van der Waals surface area contributed by atoms with Crippen molar-refractivity contribution in [2.24, 2.45) is 0 Å². The minimum atomic E-state index is -1.56. The van der Waals surface area contributed by atoms with Gasteiger partial charge in [-0.3, -0.25) is 0 Å². The van der Waals surface area contributed by atoms with Gasteiger partial charge in [0.1, 0.15) is 5.82 Å². The average molecular weight is 484 g/mol. The third-order valence-corrected chi connectivity index (χ3v) is 5.98. The van der Waals surface area contributed by atoms with Gasteiger partial charge in [-0.1, -0.05) is 61.9 Å². The molecule has 35 heavy (non-hydrogen) atoms. The van der Waals surface area contributed by atoms with Crippen LogP contribution >= 0.6 is 0 Å². The highest BCUT2D eigenvalue weighted by Gasteiger charge is 2.17.